The fourth-order valence-electron chi connectivity index (χ4n) is 3.17. The summed E-state index contributed by atoms with van der Waals surface area (Å²) in [7, 11) is 1.75. The van der Waals surface area contributed by atoms with Crippen molar-refractivity contribution in [1.82, 2.24) is 5.32 Å². The van der Waals surface area contributed by atoms with Crippen molar-refractivity contribution in [1.29, 1.82) is 0 Å². The van der Waals surface area contributed by atoms with Crippen LogP contribution in [0.5, 0.6) is 5.75 Å². The molecule has 1 N–H and O–H groups in total. The normalized spacial score (nSPS) is 23.2. The summed E-state index contributed by atoms with van der Waals surface area (Å²) in [6.45, 7) is 8.56. The van der Waals surface area contributed by atoms with Gasteiger partial charge >= 0.3 is 0 Å². The van der Waals surface area contributed by atoms with Crippen molar-refractivity contribution >= 4 is 0 Å². The van der Waals surface area contributed by atoms with Crippen LogP contribution in [0.1, 0.15) is 37.8 Å². The van der Waals surface area contributed by atoms with Crippen LogP contribution in [0.4, 0.5) is 0 Å². The first-order chi connectivity index (χ1) is 10.2. The average molecular weight is 291 g/mol. The third-order valence-electron chi connectivity index (χ3n) is 4.37. The highest BCUT2D eigenvalue weighted by molar-refractivity contribution is 5.37. The highest BCUT2D eigenvalue weighted by atomic mass is 16.5. The molecule has 3 nitrogen and oxygen atoms in total. The Morgan fingerprint density at radius 1 is 1.43 bits per heavy atom. The van der Waals surface area contributed by atoms with Gasteiger partial charge in [0, 0.05) is 12.6 Å². The zero-order valence-corrected chi connectivity index (χ0v) is 13.8. The van der Waals surface area contributed by atoms with Crippen molar-refractivity contribution < 1.29 is 9.47 Å². The van der Waals surface area contributed by atoms with Gasteiger partial charge in [0.25, 0.3) is 0 Å². The van der Waals surface area contributed by atoms with E-state index in [0.29, 0.717) is 18.1 Å². The summed E-state index contributed by atoms with van der Waals surface area (Å²) >= 11 is 0. The summed E-state index contributed by atoms with van der Waals surface area (Å²) in [6, 6.07) is 6.77. The molecule has 0 aromatic heterocycles. The van der Waals surface area contributed by atoms with Gasteiger partial charge in [0.2, 0.25) is 0 Å². The highest BCUT2D eigenvalue weighted by Crippen LogP contribution is 2.28. The van der Waals surface area contributed by atoms with Gasteiger partial charge in [0.15, 0.2) is 0 Å². The molecule has 2 rings (SSSR count). The predicted molar refractivity (Wildman–Crippen MR) is 87.0 cm³/mol. The predicted octanol–water partition coefficient (Wildman–Crippen LogP) is 3.34. The van der Waals surface area contributed by atoms with Crippen LogP contribution in [0.2, 0.25) is 0 Å². The zero-order chi connectivity index (χ0) is 15.2. The molecule has 0 aliphatic carbocycles. The van der Waals surface area contributed by atoms with Gasteiger partial charge in [-0.05, 0) is 50.3 Å². The van der Waals surface area contributed by atoms with Gasteiger partial charge in [-0.25, -0.2) is 0 Å². The molecule has 21 heavy (non-hydrogen) atoms. The van der Waals surface area contributed by atoms with Crippen LogP contribution in [0.25, 0.3) is 0 Å². The van der Waals surface area contributed by atoms with Crippen molar-refractivity contribution in [2.45, 2.75) is 52.2 Å². The Bertz CT molecular complexity index is 447. The fourth-order valence-corrected chi connectivity index (χ4v) is 3.17. The minimum atomic E-state index is 0.307. The quantitative estimate of drug-likeness (QED) is 0.836. The van der Waals surface area contributed by atoms with Gasteiger partial charge in [-0.3, -0.25) is 0 Å². The van der Waals surface area contributed by atoms with Gasteiger partial charge < -0.3 is 14.8 Å². The van der Waals surface area contributed by atoms with E-state index >= 15 is 0 Å². The molecule has 1 aliphatic heterocycles. The van der Waals surface area contributed by atoms with E-state index in [4.69, 9.17) is 9.47 Å². The topological polar surface area (TPSA) is 30.5 Å². The van der Waals surface area contributed by atoms with Crippen LogP contribution in [0, 0.1) is 12.8 Å². The maximum atomic E-state index is 6.00. The van der Waals surface area contributed by atoms with E-state index in [-0.39, 0.29) is 0 Å². The zero-order valence-electron chi connectivity index (χ0n) is 13.8. The summed E-state index contributed by atoms with van der Waals surface area (Å²) in [4.78, 5) is 0. The molecule has 0 amide bonds. The molecule has 1 saturated heterocycles. The summed E-state index contributed by atoms with van der Waals surface area (Å²) < 4.78 is 11.5. The summed E-state index contributed by atoms with van der Waals surface area (Å²) in [5.74, 6) is 1.60. The lowest BCUT2D eigenvalue weighted by Gasteiger charge is -2.28. The monoisotopic (exact) mass is 291 g/mol. The lowest BCUT2D eigenvalue weighted by Crippen LogP contribution is -2.44. The summed E-state index contributed by atoms with van der Waals surface area (Å²) in [5.41, 5.74) is 2.55. The largest absolute Gasteiger partial charge is 0.496 e. The second kappa shape index (κ2) is 7.81. The lowest BCUT2D eigenvalue weighted by atomic mass is 9.92. The van der Waals surface area contributed by atoms with Gasteiger partial charge in [-0.15, -0.1) is 0 Å². The van der Waals surface area contributed by atoms with Crippen molar-refractivity contribution in [3.05, 3.63) is 29.3 Å². The number of nitrogens with one attached hydrogen (secondary N) is 1. The SMILES string of the molecule is CCCNC(Cc1cc(C)ccc1OC)C1OCCC1C. The van der Waals surface area contributed by atoms with Gasteiger partial charge in [0.1, 0.15) is 5.75 Å². The Labute approximate surface area is 129 Å². The molecule has 1 fully saturated rings. The second-order valence-electron chi connectivity index (χ2n) is 6.18. The van der Waals surface area contributed by atoms with E-state index in [1.807, 2.05) is 0 Å². The molecule has 3 unspecified atom stereocenters. The Balaban J connectivity index is 2.15. The first kappa shape index (κ1) is 16.3. The van der Waals surface area contributed by atoms with Crippen LogP contribution in [0.3, 0.4) is 0 Å². The molecule has 1 aromatic carbocycles. The van der Waals surface area contributed by atoms with E-state index in [0.717, 1.165) is 31.7 Å². The fraction of sp³-hybridized carbons (Fsp3) is 0.667. The van der Waals surface area contributed by atoms with Crippen LogP contribution in [0.15, 0.2) is 18.2 Å². The van der Waals surface area contributed by atoms with Crippen LogP contribution >= 0.6 is 0 Å². The smallest absolute Gasteiger partial charge is 0.122 e. The van der Waals surface area contributed by atoms with E-state index in [9.17, 15) is 0 Å². The van der Waals surface area contributed by atoms with Crippen molar-refractivity contribution in [3.8, 4) is 5.75 Å². The molecule has 1 aliphatic rings. The molecule has 0 radical (unpaired) electrons. The Morgan fingerprint density at radius 2 is 2.24 bits per heavy atom. The number of rotatable bonds is 7. The Hall–Kier alpha value is -1.06. The summed E-state index contributed by atoms with van der Waals surface area (Å²) in [6.07, 6.45) is 3.57. The molecular weight excluding hydrogens is 262 g/mol. The molecule has 1 aromatic rings. The molecule has 0 spiro atoms. The van der Waals surface area contributed by atoms with Crippen LogP contribution in [-0.4, -0.2) is 32.4 Å². The highest BCUT2D eigenvalue weighted by Gasteiger charge is 2.32. The molecule has 3 heteroatoms. The lowest BCUT2D eigenvalue weighted by molar-refractivity contribution is 0.0608. The van der Waals surface area contributed by atoms with Crippen LogP contribution < -0.4 is 10.1 Å². The molecule has 0 saturated carbocycles. The third kappa shape index (κ3) is 4.21. The minimum Gasteiger partial charge on any atom is -0.496 e. The van der Waals surface area contributed by atoms with Crippen molar-refractivity contribution in [3.63, 3.8) is 0 Å². The number of ether oxygens (including phenoxy) is 2. The van der Waals surface area contributed by atoms with E-state index in [1.54, 1.807) is 7.11 Å². The van der Waals surface area contributed by atoms with Gasteiger partial charge in [0.05, 0.1) is 13.2 Å². The minimum absolute atomic E-state index is 0.307. The molecule has 3 atom stereocenters. The Morgan fingerprint density at radius 3 is 2.86 bits per heavy atom. The van der Waals surface area contributed by atoms with Gasteiger partial charge in [-0.2, -0.15) is 0 Å². The van der Waals surface area contributed by atoms with Crippen molar-refractivity contribution in [2.24, 2.45) is 5.92 Å². The molecular formula is C18H29NO2. The van der Waals surface area contributed by atoms with Gasteiger partial charge in [-0.1, -0.05) is 31.5 Å². The average Bonchev–Trinajstić information content (AvgIpc) is 2.90. The van der Waals surface area contributed by atoms with Crippen LogP contribution in [-0.2, 0) is 11.2 Å². The molecule has 1 heterocycles. The standard InChI is InChI=1S/C18H29NO2/c1-5-9-19-16(18-14(3)8-10-21-18)12-15-11-13(2)6-7-17(15)20-4/h6-7,11,14,16,18-19H,5,8-10,12H2,1-4H3. The number of benzene rings is 1. The molecule has 0 bridgehead atoms. The third-order valence-corrected chi connectivity index (χ3v) is 4.37. The maximum absolute atomic E-state index is 6.00. The second-order valence-corrected chi connectivity index (χ2v) is 6.18. The Kier molecular flexibility index (Phi) is 6.07. The first-order valence-electron chi connectivity index (χ1n) is 8.14. The number of methoxy groups -OCH3 is 1. The number of hydrogen-bond donors (Lipinski definition) is 1. The molecule has 118 valence electrons. The first-order valence-corrected chi connectivity index (χ1v) is 8.14. The number of aryl methyl sites for hydroxylation is 1. The summed E-state index contributed by atoms with van der Waals surface area (Å²) in [5, 5.41) is 3.68. The number of hydrogen-bond acceptors (Lipinski definition) is 3. The van der Waals surface area contributed by atoms with E-state index in [2.05, 4.69) is 44.3 Å². The van der Waals surface area contributed by atoms with E-state index < -0.39 is 0 Å². The van der Waals surface area contributed by atoms with Crippen molar-refractivity contribution in [2.75, 3.05) is 20.3 Å². The van der Waals surface area contributed by atoms with E-state index in [1.165, 1.54) is 17.5 Å². The maximum Gasteiger partial charge on any atom is 0.122 e.